The molecule has 2 aromatic rings. The molecular weight excluding hydrogens is 354 g/mol. The van der Waals surface area contributed by atoms with Crippen LogP contribution in [0.2, 0.25) is 0 Å². The van der Waals surface area contributed by atoms with Crippen LogP contribution in [0.5, 0.6) is 5.75 Å². The topological polar surface area (TPSA) is 84.7 Å². The Hall–Kier alpha value is -3.02. The summed E-state index contributed by atoms with van der Waals surface area (Å²) in [5.41, 5.74) is 7.21. The number of nitrogens with two attached hydrogens (primary N) is 1. The van der Waals surface area contributed by atoms with Gasteiger partial charge in [-0.1, -0.05) is 42.5 Å². The highest BCUT2D eigenvalue weighted by Crippen LogP contribution is 2.60. The number of ether oxygens (including phenoxy) is 1. The summed E-state index contributed by atoms with van der Waals surface area (Å²) in [5, 5.41) is 2.42. The number of hydrogen-bond donors (Lipinski definition) is 2. The molecule has 3 fully saturated rings. The van der Waals surface area contributed by atoms with Crippen molar-refractivity contribution in [1.29, 1.82) is 0 Å². The first-order chi connectivity index (χ1) is 13.5. The van der Waals surface area contributed by atoms with E-state index in [0.717, 1.165) is 42.1 Å². The average molecular weight is 379 g/mol. The lowest BCUT2D eigenvalue weighted by Gasteiger charge is -2.66. The van der Waals surface area contributed by atoms with E-state index in [2.05, 4.69) is 5.32 Å². The third-order valence-corrected chi connectivity index (χ3v) is 5.78. The molecule has 0 radical (unpaired) electrons. The molecule has 3 N–H and O–H groups in total. The van der Waals surface area contributed by atoms with Crippen molar-refractivity contribution in [3.05, 3.63) is 65.7 Å². The van der Waals surface area contributed by atoms with Crippen LogP contribution < -0.4 is 15.8 Å². The van der Waals surface area contributed by atoms with E-state index >= 15 is 0 Å². The molecule has 0 atom stereocenters. The molecule has 2 aromatic carbocycles. The summed E-state index contributed by atoms with van der Waals surface area (Å²) in [6, 6.07) is 17.2. The van der Waals surface area contributed by atoms with Gasteiger partial charge in [-0.3, -0.25) is 4.79 Å². The summed E-state index contributed by atoms with van der Waals surface area (Å²) in [4.78, 5) is 25.6. The second-order valence-corrected chi connectivity index (χ2v) is 7.82. The lowest BCUT2D eigenvalue weighted by molar-refractivity contribution is -0.173. The van der Waals surface area contributed by atoms with Crippen molar-refractivity contribution >= 4 is 11.9 Å². The molecule has 0 saturated heterocycles. The summed E-state index contributed by atoms with van der Waals surface area (Å²) in [6.45, 7) is 0.946. The third kappa shape index (κ3) is 3.81. The smallest absolute Gasteiger partial charge is 0.312 e. The maximum Gasteiger partial charge on any atom is 0.312 e. The molecule has 3 aliphatic rings. The molecule has 3 saturated carbocycles. The fraction of sp³-hybridized carbons (Fsp3) is 0.364. The van der Waals surface area contributed by atoms with Gasteiger partial charge in [0.1, 0.15) is 12.4 Å². The summed E-state index contributed by atoms with van der Waals surface area (Å²) in [6.07, 6.45) is 3.17. The maximum atomic E-state index is 12.7. The van der Waals surface area contributed by atoms with Gasteiger partial charge in [-0.2, -0.15) is 0 Å². The fourth-order valence-electron chi connectivity index (χ4n) is 4.20. The fourth-order valence-corrected chi connectivity index (χ4v) is 4.20. The van der Waals surface area contributed by atoms with Crippen LogP contribution in [-0.4, -0.2) is 28.9 Å². The summed E-state index contributed by atoms with van der Waals surface area (Å²) in [7, 11) is 0. The van der Waals surface area contributed by atoms with Crippen LogP contribution in [0, 0.1) is 5.92 Å². The first kappa shape index (κ1) is 18.3. The molecule has 6 nitrogen and oxygen atoms in total. The van der Waals surface area contributed by atoms with E-state index in [9.17, 15) is 9.59 Å². The molecule has 0 heterocycles. The Kier molecular flexibility index (Phi) is 4.94. The van der Waals surface area contributed by atoms with Crippen LogP contribution in [0.1, 0.15) is 30.4 Å². The molecule has 2 bridgehead atoms. The monoisotopic (exact) mass is 379 g/mol. The van der Waals surface area contributed by atoms with E-state index in [-0.39, 0.29) is 18.0 Å². The Morgan fingerprint density at radius 2 is 1.79 bits per heavy atom. The molecule has 3 amide bonds. The van der Waals surface area contributed by atoms with Gasteiger partial charge in [-0.15, -0.1) is 0 Å². The van der Waals surface area contributed by atoms with E-state index in [1.807, 2.05) is 59.5 Å². The van der Waals surface area contributed by atoms with E-state index in [4.69, 9.17) is 10.5 Å². The van der Waals surface area contributed by atoms with Crippen molar-refractivity contribution in [2.24, 2.45) is 11.7 Å². The Morgan fingerprint density at radius 3 is 2.43 bits per heavy atom. The van der Waals surface area contributed by atoms with Gasteiger partial charge in [0.05, 0.1) is 6.54 Å². The zero-order valence-electron chi connectivity index (χ0n) is 15.8. The number of hydrogen-bond acceptors (Lipinski definition) is 3. The quantitative estimate of drug-likeness (QED) is 0.740. The number of primary amides is 1. The zero-order valence-corrected chi connectivity index (χ0v) is 15.8. The second kappa shape index (κ2) is 7.54. The second-order valence-electron chi connectivity index (χ2n) is 7.82. The molecule has 6 heteroatoms. The van der Waals surface area contributed by atoms with Crippen LogP contribution in [0.4, 0.5) is 4.79 Å². The van der Waals surface area contributed by atoms with Gasteiger partial charge in [0.15, 0.2) is 0 Å². The number of carbonyl (C=O) groups excluding carboxylic acids is 2. The lowest BCUT2D eigenvalue weighted by Crippen LogP contribution is -2.70. The van der Waals surface area contributed by atoms with Crippen molar-refractivity contribution in [3.8, 4) is 5.75 Å². The van der Waals surface area contributed by atoms with Crippen molar-refractivity contribution in [2.75, 3.05) is 6.54 Å². The highest BCUT2D eigenvalue weighted by atomic mass is 16.5. The van der Waals surface area contributed by atoms with E-state index in [1.54, 1.807) is 0 Å². The minimum atomic E-state index is -0.679. The van der Waals surface area contributed by atoms with Gasteiger partial charge in [0, 0.05) is 12.1 Å². The standard InChI is InChI=1S/C22H25N3O3/c23-21(27)24-13-20(26)25(22-10-18(11-22)12-22)14-17-7-4-8-19(9-17)28-15-16-5-2-1-3-6-16/h1-9,18H,10-15H2,(H3,23,24,27). The summed E-state index contributed by atoms with van der Waals surface area (Å²) in [5.74, 6) is 1.44. The van der Waals surface area contributed by atoms with Crippen molar-refractivity contribution in [1.82, 2.24) is 10.2 Å². The van der Waals surface area contributed by atoms with Crippen LogP contribution in [-0.2, 0) is 17.9 Å². The van der Waals surface area contributed by atoms with Gasteiger partial charge in [-0.05, 0) is 48.4 Å². The number of rotatable bonds is 8. The minimum absolute atomic E-state index is 0.0397. The van der Waals surface area contributed by atoms with Crippen LogP contribution in [0.15, 0.2) is 54.6 Å². The van der Waals surface area contributed by atoms with Crippen molar-refractivity contribution < 1.29 is 14.3 Å². The van der Waals surface area contributed by atoms with E-state index in [0.29, 0.717) is 13.2 Å². The maximum absolute atomic E-state index is 12.7. The van der Waals surface area contributed by atoms with Gasteiger partial charge in [0.2, 0.25) is 5.91 Å². The minimum Gasteiger partial charge on any atom is -0.489 e. The molecule has 146 valence electrons. The Balaban J connectivity index is 1.43. The van der Waals surface area contributed by atoms with Crippen LogP contribution in [0.25, 0.3) is 0 Å². The number of amides is 3. The molecule has 5 rings (SSSR count). The average Bonchev–Trinajstić information content (AvgIpc) is 2.62. The van der Waals surface area contributed by atoms with E-state index in [1.165, 1.54) is 0 Å². The zero-order chi connectivity index (χ0) is 19.6. The van der Waals surface area contributed by atoms with Gasteiger partial charge >= 0.3 is 6.03 Å². The Labute approximate surface area is 164 Å². The highest BCUT2D eigenvalue weighted by molar-refractivity contribution is 5.84. The van der Waals surface area contributed by atoms with Crippen molar-refractivity contribution in [2.45, 2.75) is 38.0 Å². The lowest BCUT2D eigenvalue weighted by atomic mass is 9.49. The van der Waals surface area contributed by atoms with Gasteiger partial charge in [-0.25, -0.2) is 4.79 Å². The van der Waals surface area contributed by atoms with Gasteiger partial charge < -0.3 is 20.7 Å². The third-order valence-electron chi connectivity index (χ3n) is 5.78. The number of urea groups is 1. The number of carbonyl (C=O) groups is 2. The SMILES string of the molecule is NC(=O)NCC(=O)N(Cc1cccc(OCc2ccccc2)c1)C12CC(C1)C2. The van der Waals surface area contributed by atoms with E-state index < -0.39 is 6.03 Å². The summed E-state index contributed by atoms with van der Waals surface area (Å²) < 4.78 is 5.91. The predicted molar refractivity (Wildman–Crippen MR) is 105 cm³/mol. The molecular formula is C22H25N3O3. The number of nitrogens with zero attached hydrogens (tertiary/aromatic N) is 1. The highest BCUT2D eigenvalue weighted by Gasteiger charge is 2.60. The first-order valence-electron chi connectivity index (χ1n) is 9.63. The number of benzene rings is 2. The molecule has 0 spiro atoms. The summed E-state index contributed by atoms with van der Waals surface area (Å²) >= 11 is 0. The Morgan fingerprint density at radius 1 is 1.07 bits per heavy atom. The van der Waals surface area contributed by atoms with Crippen LogP contribution >= 0.6 is 0 Å². The molecule has 0 aliphatic heterocycles. The molecule has 0 unspecified atom stereocenters. The van der Waals surface area contributed by atoms with Crippen molar-refractivity contribution in [3.63, 3.8) is 0 Å². The molecule has 0 aromatic heterocycles. The number of nitrogens with one attached hydrogen (secondary N) is 1. The first-order valence-corrected chi connectivity index (χ1v) is 9.63. The largest absolute Gasteiger partial charge is 0.489 e. The Bertz CT molecular complexity index is 851. The predicted octanol–water partition coefficient (Wildman–Crippen LogP) is 2.82. The normalized spacial score (nSPS) is 21.8. The molecule has 28 heavy (non-hydrogen) atoms. The molecule has 3 aliphatic carbocycles. The van der Waals surface area contributed by atoms with Gasteiger partial charge in [0.25, 0.3) is 0 Å². The van der Waals surface area contributed by atoms with Crippen LogP contribution in [0.3, 0.4) is 0 Å².